The average Bonchev–Trinajstić information content (AvgIpc) is 3.22. The minimum atomic E-state index is -0.655. The minimum absolute atomic E-state index is 0.0381. The van der Waals surface area contributed by atoms with Crippen molar-refractivity contribution in [2.75, 3.05) is 39.8 Å². The molecule has 7 nitrogen and oxygen atoms in total. The largest absolute Gasteiger partial charge is 0.467 e. The molecule has 1 fully saturated rings. The number of nitrogens with zero attached hydrogens (tertiary/aromatic N) is 2. The first-order valence-electron chi connectivity index (χ1n) is 9.60. The second-order valence-corrected chi connectivity index (χ2v) is 7.24. The second-order valence-electron chi connectivity index (χ2n) is 7.24. The van der Waals surface area contributed by atoms with E-state index in [1.807, 2.05) is 0 Å². The minimum Gasteiger partial charge on any atom is -0.467 e. The van der Waals surface area contributed by atoms with Crippen molar-refractivity contribution in [3.8, 4) is 0 Å². The van der Waals surface area contributed by atoms with Crippen LogP contribution in [-0.4, -0.2) is 61.4 Å². The molecule has 28 heavy (non-hydrogen) atoms. The summed E-state index contributed by atoms with van der Waals surface area (Å²) in [4.78, 5) is 29.0. The van der Waals surface area contributed by atoms with E-state index in [-0.39, 0.29) is 12.6 Å². The lowest BCUT2D eigenvalue weighted by molar-refractivity contribution is -0.139. The van der Waals surface area contributed by atoms with Crippen LogP contribution >= 0.6 is 0 Å². The van der Waals surface area contributed by atoms with Gasteiger partial charge in [-0.15, -0.1) is 0 Å². The summed E-state index contributed by atoms with van der Waals surface area (Å²) in [6.45, 7) is 6.46. The van der Waals surface area contributed by atoms with Crippen molar-refractivity contribution >= 4 is 11.8 Å². The molecular weight excluding hydrogens is 356 g/mol. The highest BCUT2D eigenvalue weighted by Gasteiger charge is 2.25. The highest BCUT2D eigenvalue weighted by Crippen LogP contribution is 2.22. The van der Waals surface area contributed by atoms with Crippen LogP contribution in [0.1, 0.15) is 22.9 Å². The molecule has 0 saturated carbocycles. The quantitative estimate of drug-likeness (QED) is 0.735. The third-order valence-corrected chi connectivity index (χ3v) is 5.11. The second kappa shape index (κ2) is 9.52. The fourth-order valence-corrected chi connectivity index (χ4v) is 3.31. The fraction of sp³-hybridized carbons (Fsp3) is 0.429. The van der Waals surface area contributed by atoms with Gasteiger partial charge in [0.2, 0.25) is 0 Å². The third-order valence-electron chi connectivity index (χ3n) is 5.11. The van der Waals surface area contributed by atoms with Crippen molar-refractivity contribution in [2.45, 2.75) is 19.5 Å². The molecule has 3 rings (SSSR count). The van der Waals surface area contributed by atoms with Gasteiger partial charge in [0.1, 0.15) is 5.76 Å². The van der Waals surface area contributed by atoms with Gasteiger partial charge in [-0.25, -0.2) is 0 Å². The van der Waals surface area contributed by atoms with Crippen molar-refractivity contribution in [1.29, 1.82) is 0 Å². The van der Waals surface area contributed by atoms with Gasteiger partial charge in [-0.05, 0) is 31.7 Å². The Bertz CT molecular complexity index is 765. The summed E-state index contributed by atoms with van der Waals surface area (Å²) in [6.07, 6.45) is 1.53. The molecule has 7 heteroatoms. The van der Waals surface area contributed by atoms with Gasteiger partial charge in [0.05, 0.1) is 18.8 Å². The van der Waals surface area contributed by atoms with Crippen molar-refractivity contribution in [1.82, 2.24) is 20.4 Å². The van der Waals surface area contributed by atoms with Crippen molar-refractivity contribution in [2.24, 2.45) is 0 Å². The summed E-state index contributed by atoms with van der Waals surface area (Å²) in [6, 6.07) is 11.9. The summed E-state index contributed by atoms with van der Waals surface area (Å²) in [5.74, 6) is -0.675. The maximum atomic E-state index is 12.2. The number of nitrogens with one attached hydrogen (secondary N) is 2. The molecule has 1 atom stereocenters. The first-order valence-corrected chi connectivity index (χ1v) is 9.60. The van der Waals surface area contributed by atoms with Gasteiger partial charge in [0, 0.05) is 32.7 Å². The maximum absolute atomic E-state index is 12.2. The summed E-state index contributed by atoms with van der Waals surface area (Å²) in [5, 5.41) is 5.37. The number of benzene rings is 1. The van der Waals surface area contributed by atoms with Gasteiger partial charge >= 0.3 is 11.8 Å². The van der Waals surface area contributed by atoms with Gasteiger partial charge in [-0.3, -0.25) is 14.5 Å². The van der Waals surface area contributed by atoms with Crippen LogP contribution in [0.5, 0.6) is 0 Å². The average molecular weight is 384 g/mol. The predicted molar refractivity (Wildman–Crippen MR) is 107 cm³/mol. The van der Waals surface area contributed by atoms with Crippen LogP contribution in [0.4, 0.5) is 0 Å². The summed E-state index contributed by atoms with van der Waals surface area (Å²) in [7, 11) is 2.11. The van der Waals surface area contributed by atoms with E-state index in [1.165, 1.54) is 11.8 Å². The number of amides is 2. The Morgan fingerprint density at radius 2 is 1.71 bits per heavy atom. The lowest BCUT2D eigenvalue weighted by Gasteiger charge is -2.38. The van der Waals surface area contributed by atoms with E-state index in [0.717, 1.165) is 31.7 Å². The molecule has 1 aliphatic rings. The van der Waals surface area contributed by atoms with Gasteiger partial charge < -0.3 is 20.0 Å². The SMILES string of the molecule is Cc1ccc(C(CNC(=O)C(=O)NCc2ccco2)N2CCN(C)CC2)cc1. The lowest BCUT2D eigenvalue weighted by atomic mass is 10.0. The molecule has 1 saturated heterocycles. The number of furan rings is 1. The Morgan fingerprint density at radius 3 is 2.36 bits per heavy atom. The zero-order chi connectivity index (χ0) is 19.9. The normalized spacial score (nSPS) is 16.5. The van der Waals surface area contributed by atoms with E-state index < -0.39 is 11.8 Å². The predicted octanol–water partition coefficient (Wildman–Crippen LogP) is 1.31. The van der Waals surface area contributed by atoms with Gasteiger partial charge in [0.15, 0.2) is 0 Å². The Hall–Kier alpha value is -2.64. The lowest BCUT2D eigenvalue weighted by Crippen LogP contribution is -2.49. The number of aryl methyl sites for hydroxylation is 1. The van der Waals surface area contributed by atoms with E-state index >= 15 is 0 Å². The Morgan fingerprint density at radius 1 is 1.04 bits per heavy atom. The molecule has 0 bridgehead atoms. The molecule has 1 aromatic heterocycles. The standard InChI is InChI=1S/C21H28N4O3/c1-16-5-7-17(8-6-16)19(25-11-9-24(2)10-12-25)15-23-21(27)20(26)22-14-18-4-3-13-28-18/h3-8,13,19H,9-12,14-15H2,1-2H3,(H,22,26)(H,23,27). The highest BCUT2D eigenvalue weighted by atomic mass is 16.3. The first-order chi connectivity index (χ1) is 13.5. The Balaban J connectivity index is 1.59. The fourth-order valence-electron chi connectivity index (χ4n) is 3.31. The summed E-state index contributed by atoms with van der Waals surface area (Å²) >= 11 is 0. The molecule has 0 radical (unpaired) electrons. The molecule has 2 aromatic rings. The first kappa shape index (κ1) is 20.1. The number of piperazine rings is 1. The van der Waals surface area contributed by atoms with E-state index in [9.17, 15) is 9.59 Å². The monoisotopic (exact) mass is 384 g/mol. The van der Waals surface area contributed by atoms with E-state index in [4.69, 9.17) is 4.42 Å². The van der Waals surface area contributed by atoms with Crippen LogP contribution in [-0.2, 0) is 16.1 Å². The molecule has 1 unspecified atom stereocenters. The van der Waals surface area contributed by atoms with Crippen LogP contribution in [0.25, 0.3) is 0 Å². The number of likely N-dealkylation sites (N-methyl/N-ethyl adjacent to an activating group) is 1. The van der Waals surface area contributed by atoms with Gasteiger partial charge in [-0.1, -0.05) is 29.8 Å². The molecule has 2 heterocycles. The molecule has 2 N–H and O–H groups in total. The van der Waals surface area contributed by atoms with Crippen LogP contribution < -0.4 is 10.6 Å². The topological polar surface area (TPSA) is 77.8 Å². The maximum Gasteiger partial charge on any atom is 0.309 e. The molecular formula is C21H28N4O3. The number of carbonyl (C=O) groups is 2. The van der Waals surface area contributed by atoms with E-state index in [2.05, 4.69) is 58.7 Å². The number of carbonyl (C=O) groups excluding carboxylic acids is 2. The zero-order valence-electron chi connectivity index (χ0n) is 16.5. The zero-order valence-corrected chi connectivity index (χ0v) is 16.5. The number of hydrogen-bond acceptors (Lipinski definition) is 5. The van der Waals surface area contributed by atoms with E-state index in [1.54, 1.807) is 12.1 Å². The smallest absolute Gasteiger partial charge is 0.309 e. The van der Waals surface area contributed by atoms with E-state index in [0.29, 0.717) is 12.3 Å². The number of hydrogen-bond donors (Lipinski definition) is 2. The third kappa shape index (κ3) is 5.43. The molecule has 2 amide bonds. The van der Waals surface area contributed by atoms with Crippen LogP contribution in [0, 0.1) is 6.92 Å². The summed E-state index contributed by atoms with van der Waals surface area (Å²) < 4.78 is 5.16. The van der Waals surface area contributed by atoms with Crippen LogP contribution in [0.2, 0.25) is 0 Å². The molecule has 1 aliphatic heterocycles. The summed E-state index contributed by atoms with van der Waals surface area (Å²) in [5.41, 5.74) is 2.34. The van der Waals surface area contributed by atoms with Gasteiger partial charge in [0.25, 0.3) is 0 Å². The van der Waals surface area contributed by atoms with Crippen molar-refractivity contribution < 1.29 is 14.0 Å². The Labute approximate surface area is 165 Å². The molecule has 0 aliphatic carbocycles. The van der Waals surface area contributed by atoms with Crippen LogP contribution in [0.3, 0.4) is 0 Å². The highest BCUT2D eigenvalue weighted by molar-refractivity contribution is 6.35. The molecule has 150 valence electrons. The van der Waals surface area contributed by atoms with Crippen molar-refractivity contribution in [3.63, 3.8) is 0 Å². The van der Waals surface area contributed by atoms with Crippen molar-refractivity contribution in [3.05, 3.63) is 59.5 Å². The van der Waals surface area contributed by atoms with Gasteiger partial charge in [-0.2, -0.15) is 0 Å². The van der Waals surface area contributed by atoms with Crippen LogP contribution in [0.15, 0.2) is 47.1 Å². The Kier molecular flexibility index (Phi) is 6.84. The number of rotatable bonds is 6. The molecule has 0 spiro atoms. The molecule has 1 aromatic carbocycles.